The number of nitrogens with zero attached hydrogens (tertiary/aromatic N) is 2. The van der Waals surface area contributed by atoms with E-state index in [-0.39, 0.29) is 0 Å². The molecule has 2 aromatic rings. The van der Waals surface area contributed by atoms with Crippen LogP contribution in [-0.2, 0) is 13.5 Å². The SMILES string of the molecule is COc1ccc(Cl)cc1CC(O)c1c(C)nn(C)c1Cl. The topological polar surface area (TPSA) is 47.3 Å². The van der Waals surface area contributed by atoms with Crippen LogP contribution in [-0.4, -0.2) is 22.0 Å². The summed E-state index contributed by atoms with van der Waals surface area (Å²) in [6.07, 6.45) is -0.403. The van der Waals surface area contributed by atoms with Crippen LogP contribution in [0, 0.1) is 6.92 Å². The second-order valence-corrected chi connectivity index (χ2v) is 5.38. The molecule has 0 saturated heterocycles. The fourth-order valence-electron chi connectivity index (χ4n) is 2.24. The van der Waals surface area contributed by atoms with Gasteiger partial charge in [-0.25, -0.2) is 0 Å². The fourth-order valence-corrected chi connectivity index (χ4v) is 2.74. The highest BCUT2D eigenvalue weighted by molar-refractivity contribution is 6.31. The molecule has 1 aromatic heterocycles. The second-order valence-electron chi connectivity index (χ2n) is 4.59. The van der Waals surface area contributed by atoms with Crippen LogP contribution < -0.4 is 4.74 Å². The van der Waals surface area contributed by atoms with Crippen molar-refractivity contribution in [3.8, 4) is 5.75 Å². The monoisotopic (exact) mass is 314 g/mol. The molecule has 0 aliphatic heterocycles. The summed E-state index contributed by atoms with van der Waals surface area (Å²) in [5.41, 5.74) is 2.18. The maximum absolute atomic E-state index is 10.4. The van der Waals surface area contributed by atoms with Gasteiger partial charge in [0.2, 0.25) is 0 Å². The molecule has 2 rings (SSSR count). The fraction of sp³-hybridized carbons (Fsp3) is 0.357. The lowest BCUT2D eigenvalue weighted by atomic mass is 10.0. The van der Waals surface area contributed by atoms with Crippen molar-refractivity contribution in [3.63, 3.8) is 0 Å². The number of ether oxygens (including phenoxy) is 1. The first kappa shape index (κ1) is 15.2. The molecule has 0 fully saturated rings. The third kappa shape index (κ3) is 2.92. The van der Waals surface area contributed by atoms with Crippen molar-refractivity contribution < 1.29 is 9.84 Å². The number of aryl methyl sites for hydroxylation is 2. The van der Waals surface area contributed by atoms with E-state index in [1.165, 1.54) is 0 Å². The third-order valence-corrected chi connectivity index (χ3v) is 3.87. The first-order valence-corrected chi connectivity index (χ1v) is 6.89. The lowest BCUT2D eigenvalue weighted by molar-refractivity contribution is 0.176. The first-order valence-electron chi connectivity index (χ1n) is 6.13. The van der Waals surface area contributed by atoms with Gasteiger partial charge in [0.05, 0.1) is 18.9 Å². The van der Waals surface area contributed by atoms with E-state index >= 15 is 0 Å². The summed E-state index contributed by atoms with van der Waals surface area (Å²) in [6.45, 7) is 1.82. The van der Waals surface area contributed by atoms with Gasteiger partial charge in [-0.3, -0.25) is 4.68 Å². The lowest BCUT2D eigenvalue weighted by Gasteiger charge is -2.14. The number of halogens is 2. The summed E-state index contributed by atoms with van der Waals surface area (Å²) in [6, 6.07) is 5.31. The Hall–Kier alpha value is -1.23. The van der Waals surface area contributed by atoms with Gasteiger partial charge in [0.15, 0.2) is 0 Å². The average Bonchev–Trinajstić information content (AvgIpc) is 2.63. The Morgan fingerprint density at radius 2 is 2.10 bits per heavy atom. The largest absolute Gasteiger partial charge is 0.496 e. The van der Waals surface area contributed by atoms with Crippen molar-refractivity contribution in [2.75, 3.05) is 7.11 Å². The molecule has 1 aromatic carbocycles. The van der Waals surface area contributed by atoms with E-state index < -0.39 is 6.10 Å². The summed E-state index contributed by atoms with van der Waals surface area (Å²) in [4.78, 5) is 0. The molecule has 20 heavy (non-hydrogen) atoms. The zero-order chi connectivity index (χ0) is 14.9. The highest BCUT2D eigenvalue weighted by Gasteiger charge is 2.21. The normalized spacial score (nSPS) is 12.5. The zero-order valence-electron chi connectivity index (χ0n) is 11.5. The van der Waals surface area contributed by atoms with Gasteiger partial charge < -0.3 is 9.84 Å². The summed E-state index contributed by atoms with van der Waals surface area (Å²) in [5.74, 6) is 0.686. The number of methoxy groups -OCH3 is 1. The Morgan fingerprint density at radius 1 is 1.40 bits per heavy atom. The number of rotatable bonds is 4. The summed E-state index contributed by atoms with van der Waals surface area (Å²) in [5, 5.41) is 15.7. The van der Waals surface area contributed by atoms with Gasteiger partial charge in [0.1, 0.15) is 10.9 Å². The van der Waals surface area contributed by atoms with E-state index in [9.17, 15) is 5.11 Å². The highest BCUT2D eigenvalue weighted by Crippen LogP contribution is 2.32. The minimum Gasteiger partial charge on any atom is -0.496 e. The van der Waals surface area contributed by atoms with Crippen LogP contribution in [0.1, 0.15) is 22.9 Å². The van der Waals surface area contributed by atoms with E-state index in [2.05, 4.69) is 5.10 Å². The molecular weight excluding hydrogens is 299 g/mol. The highest BCUT2D eigenvalue weighted by atomic mass is 35.5. The zero-order valence-corrected chi connectivity index (χ0v) is 13.0. The number of aliphatic hydroxyl groups excluding tert-OH is 1. The van der Waals surface area contributed by atoms with Crippen LogP contribution in [0.3, 0.4) is 0 Å². The van der Waals surface area contributed by atoms with Crippen LogP contribution in [0.25, 0.3) is 0 Å². The Kier molecular flexibility index (Phi) is 4.58. The number of hydrogen-bond donors (Lipinski definition) is 1. The van der Waals surface area contributed by atoms with Gasteiger partial charge in [0.25, 0.3) is 0 Å². The molecule has 1 atom stereocenters. The van der Waals surface area contributed by atoms with Gasteiger partial charge in [-0.05, 0) is 30.7 Å². The Labute approximate surface area is 127 Å². The summed E-state index contributed by atoms with van der Waals surface area (Å²) >= 11 is 12.2. The minimum atomic E-state index is -0.761. The molecule has 1 heterocycles. The van der Waals surface area contributed by atoms with E-state index in [0.717, 1.165) is 5.56 Å². The third-order valence-electron chi connectivity index (χ3n) is 3.19. The van der Waals surface area contributed by atoms with Gasteiger partial charge in [-0.2, -0.15) is 5.10 Å². The molecule has 108 valence electrons. The Morgan fingerprint density at radius 3 is 2.65 bits per heavy atom. The number of aliphatic hydroxyl groups is 1. The minimum absolute atomic E-state index is 0.357. The number of aromatic nitrogens is 2. The van der Waals surface area contributed by atoms with Crippen molar-refractivity contribution >= 4 is 23.2 Å². The van der Waals surface area contributed by atoms with Crippen LogP contribution in [0.5, 0.6) is 5.75 Å². The van der Waals surface area contributed by atoms with Gasteiger partial charge >= 0.3 is 0 Å². The van der Waals surface area contributed by atoms with Gasteiger partial charge in [-0.1, -0.05) is 23.2 Å². The average molecular weight is 315 g/mol. The van der Waals surface area contributed by atoms with E-state index in [4.69, 9.17) is 27.9 Å². The van der Waals surface area contributed by atoms with Crippen molar-refractivity contribution in [1.82, 2.24) is 9.78 Å². The maximum Gasteiger partial charge on any atom is 0.132 e. The quantitative estimate of drug-likeness (QED) is 0.941. The molecule has 0 saturated carbocycles. The smallest absolute Gasteiger partial charge is 0.132 e. The molecule has 1 unspecified atom stereocenters. The van der Waals surface area contributed by atoms with Crippen molar-refractivity contribution in [2.45, 2.75) is 19.4 Å². The molecule has 0 bridgehead atoms. The van der Waals surface area contributed by atoms with Crippen molar-refractivity contribution in [3.05, 3.63) is 45.2 Å². The van der Waals surface area contributed by atoms with Crippen LogP contribution >= 0.6 is 23.2 Å². The summed E-state index contributed by atoms with van der Waals surface area (Å²) < 4.78 is 6.83. The van der Waals surface area contributed by atoms with E-state index in [0.29, 0.717) is 33.6 Å². The number of benzene rings is 1. The lowest BCUT2D eigenvalue weighted by Crippen LogP contribution is -2.05. The maximum atomic E-state index is 10.4. The van der Waals surface area contributed by atoms with Crippen molar-refractivity contribution in [2.24, 2.45) is 7.05 Å². The van der Waals surface area contributed by atoms with E-state index in [1.54, 1.807) is 37.0 Å². The predicted molar refractivity (Wildman–Crippen MR) is 79.6 cm³/mol. The first-order chi connectivity index (χ1) is 9.43. The Balaban J connectivity index is 2.32. The van der Waals surface area contributed by atoms with Gasteiger partial charge in [0, 0.05) is 24.1 Å². The van der Waals surface area contributed by atoms with Crippen LogP contribution in [0.2, 0.25) is 10.2 Å². The molecule has 0 aliphatic carbocycles. The van der Waals surface area contributed by atoms with Gasteiger partial charge in [-0.15, -0.1) is 0 Å². The molecule has 6 heteroatoms. The van der Waals surface area contributed by atoms with E-state index in [1.807, 2.05) is 6.92 Å². The predicted octanol–water partition coefficient (Wildman–Crippen LogP) is 3.32. The molecule has 0 amide bonds. The van der Waals surface area contributed by atoms with Crippen LogP contribution in [0.15, 0.2) is 18.2 Å². The second kappa shape index (κ2) is 6.04. The van der Waals surface area contributed by atoms with Crippen molar-refractivity contribution in [1.29, 1.82) is 0 Å². The number of hydrogen-bond acceptors (Lipinski definition) is 3. The molecule has 4 nitrogen and oxygen atoms in total. The molecule has 0 aliphatic rings. The molecular formula is C14H16Cl2N2O2. The standard InChI is InChI=1S/C14H16Cl2N2O2/c1-8-13(14(16)18(2)17-8)11(19)7-9-6-10(15)4-5-12(9)20-3/h4-6,11,19H,7H2,1-3H3. The Bertz CT molecular complexity index is 626. The van der Waals surface area contributed by atoms with Crippen LogP contribution in [0.4, 0.5) is 0 Å². The summed E-state index contributed by atoms with van der Waals surface area (Å²) in [7, 11) is 3.33. The molecule has 1 N–H and O–H groups in total. The molecule has 0 radical (unpaired) electrons. The molecule has 0 spiro atoms.